The number of hydrogen-bond acceptors (Lipinski definition) is 4. The van der Waals surface area contributed by atoms with Crippen LogP contribution in [0.3, 0.4) is 0 Å². The number of amides is 3. The number of urea groups is 1. The Morgan fingerprint density at radius 3 is 2.17 bits per heavy atom. The van der Waals surface area contributed by atoms with Gasteiger partial charge in [-0.15, -0.1) is 0 Å². The van der Waals surface area contributed by atoms with E-state index in [9.17, 15) is 14.4 Å². The molecule has 3 amide bonds. The number of carboxylic acid groups (broad SMARTS) is 1. The van der Waals surface area contributed by atoms with Crippen LogP contribution >= 0.6 is 11.8 Å². The molecule has 0 bridgehead atoms. The Balaban J connectivity index is 1.92. The van der Waals surface area contributed by atoms with E-state index in [2.05, 4.69) is 16.0 Å². The molecule has 0 fully saturated rings. The Hall–Kier alpha value is -2.22. The molecule has 0 saturated heterocycles. The lowest BCUT2D eigenvalue weighted by Crippen LogP contribution is -2.29. The first-order valence-corrected chi connectivity index (χ1v) is 8.79. The summed E-state index contributed by atoms with van der Waals surface area (Å²) < 4.78 is 0. The lowest BCUT2D eigenvalue weighted by Gasteiger charge is -2.07. The van der Waals surface area contributed by atoms with Crippen molar-refractivity contribution < 1.29 is 19.5 Å². The number of rotatable bonds is 10. The van der Waals surface area contributed by atoms with Crippen LogP contribution in [0.15, 0.2) is 30.3 Å². The average Bonchev–Trinajstić information content (AvgIpc) is 2.56. The van der Waals surface area contributed by atoms with Gasteiger partial charge in [-0.1, -0.05) is 42.8 Å². The summed E-state index contributed by atoms with van der Waals surface area (Å²) in [6.45, 7) is 1.13. The standard InChI is InChI=1S/C16H23N3O4S/c20-14(21)12-24-16(23)18-11-7-2-1-6-10-17-15(22)19-13-8-4-3-5-9-13/h3-5,8-9H,1-2,6-7,10-12H2,(H,18,23)(H,20,21)(H2,17,19,22). The number of hydrogen-bond donors (Lipinski definition) is 4. The van der Waals surface area contributed by atoms with Crippen LogP contribution in [0.1, 0.15) is 25.7 Å². The van der Waals surface area contributed by atoms with E-state index >= 15 is 0 Å². The van der Waals surface area contributed by atoms with Crippen molar-refractivity contribution in [2.24, 2.45) is 0 Å². The molecule has 7 nitrogen and oxygen atoms in total. The van der Waals surface area contributed by atoms with E-state index < -0.39 is 5.97 Å². The molecule has 0 unspecified atom stereocenters. The summed E-state index contributed by atoms with van der Waals surface area (Å²) in [5.41, 5.74) is 0.756. The van der Waals surface area contributed by atoms with Crippen molar-refractivity contribution in [3.8, 4) is 0 Å². The molecular formula is C16H23N3O4S. The molecule has 24 heavy (non-hydrogen) atoms. The van der Waals surface area contributed by atoms with Crippen molar-refractivity contribution in [1.82, 2.24) is 10.6 Å². The molecule has 1 aromatic rings. The summed E-state index contributed by atoms with van der Waals surface area (Å²) >= 11 is 0.756. The van der Waals surface area contributed by atoms with Gasteiger partial charge in [0.2, 0.25) is 0 Å². The van der Waals surface area contributed by atoms with E-state index in [0.717, 1.165) is 43.1 Å². The summed E-state index contributed by atoms with van der Waals surface area (Å²) in [4.78, 5) is 33.2. The molecule has 0 aromatic heterocycles. The third-order valence-electron chi connectivity index (χ3n) is 3.02. The number of carbonyl (C=O) groups excluding carboxylic acids is 2. The number of anilines is 1. The zero-order valence-electron chi connectivity index (χ0n) is 13.4. The Bertz CT molecular complexity index is 525. The third kappa shape index (κ3) is 10.5. The highest BCUT2D eigenvalue weighted by Crippen LogP contribution is 2.05. The van der Waals surface area contributed by atoms with Gasteiger partial charge in [0.15, 0.2) is 0 Å². The quantitative estimate of drug-likeness (QED) is 0.484. The number of carboxylic acids is 1. The van der Waals surface area contributed by atoms with E-state index in [1.165, 1.54) is 0 Å². The molecule has 0 spiro atoms. The first-order chi connectivity index (χ1) is 11.6. The lowest BCUT2D eigenvalue weighted by molar-refractivity contribution is -0.133. The molecule has 4 N–H and O–H groups in total. The predicted molar refractivity (Wildman–Crippen MR) is 95.4 cm³/mol. The van der Waals surface area contributed by atoms with Gasteiger partial charge in [0.25, 0.3) is 5.24 Å². The van der Waals surface area contributed by atoms with Crippen molar-refractivity contribution in [3.63, 3.8) is 0 Å². The molecule has 1 aromatic carbocycles. The molecule has 0 aliphatic carbocycles. The zero-order chi connectivity index (χ0) is 17.6. The number of benzene rings is 1. The lowest BCUT2D eigenvalue weighted by atomic mass is 10.2. The Morgan fingerprint density at radius 2 is 1.54 bits per heavy atom. The number of para-hydroxylation sites is 1. The van der Waals surface area contributed by atoms with Gasteiger partial charge >= 0.3 is 12.0 Å². The minimum atomic E-state index is -1.00. The Labute approximate surface area is 145 Å². The fourth-order valence-electron chi connectivity index (χ4n) is 1.87. The highest BCUT2D eigenvalue weighted by Gasteiger charge is 2.04. The van der Waals surface area contributed by atoms with E-state index in [1.807, 2.05) is 30.3 Å². The minimum Gasteiger partial charge on any atom is -0.481 e. The maximum atomic E-state index is 11.6. The Kier molecular flexibility index (Phi) is 10.1. The first-order valence-electron chi connectivity index (χ1n) is 7.80. The third-order valence-corrected chi connectivity index (χ3v) is 3.81. The maximum absolute atomic E-state index is 11.6. The SMILES string of the molecule is O=C(O)CSC(=O)NCCCCCCNC(=O)Nc1ccccc1. The Morgan fingerprint density at radius 1 is 0.917 bits per heavy atom. The molecule has 1 rings (SSSR count). The van der Waals surface area contributed by atoms with Gasteiger partial charge in [0, 0.05) is 18.8 Å². The van der Waals surface area contributed by atoms with Gasteiger partial charge < -0.3 is 21.1 Å². The second-order valence-corrected chi connectivity index (χ2v) is 6.01. The second kappa shape index (κ2) is 12.2. The van der Waals surface area contributed by atoms with Gasteiger partial charge in [-0.3, -0.25) is 9.59 Å². The minimum absolute atomic E-state index is 0.219. The van der Waals surface area contributed by atoms with Crippen LogP contribution in [-0.4, -0.2) is 41.2 Å². The van der Waals surface area contributed by atoms with Crippen molar-refractivity contribution in [1.29, 1.82) is 0 Å². The normalized spacial score (nSPS) is 10.0. The molecule has 0 atom stereocenters. The van der Waals surface area contributed by atoms with Crippen LogP contribution in [-0.2, 0) is 4.79 Å². The van der Waals surface area contributed by atoms with Crippen LogP contribution in [0.4, 0.5) is 15.3 Å². The van der Waals surface area contributed by atoms with Gasteiger partial charge in [-0.05, 0) is 25.0 Å². The number of carbonyl (C=O) groups is 3. The summed E-state index contributed by atoms with van der Waals surface area (Å²) in [5, 5.41) is 16.3. The molecule has 0 saturated carbocycles. The topological polar surface area (TPSA) is 108 Å². The van der Waals surface area contributed by atoms with Crippen LogP contribution < -0.4 is 16.0 Å². The summed E-state index contributed by atoms with van der Waals surface area (Å²) in [6.07, 6.45) is 3.58. The smallest absolute Gasteiger partial charge is 0.319 e. The fourth-order valence-corrected chi connectivity index (χ4v) is 2.33. The largest absolute Gasteiger partial charge is 0.481 e. The van der Waals surface area contributed by atoms with E-state index in [-0.39, 0.29) is 17.0 Å². The summed E-state index contributed by atoms with van der Waals surface area (Å²) in [5.74, 6) is -1.22. The molecular weight excluding hydrogens is 330 g/mol. The average molecular weight is 353 g/mol. The van der Waals surface area contributed by atoms with Crippen molar-refractivity contribution in [2.45, 2.75) is 25.7 Å². The highest BCUT2D eigenvalue weighted by atomic mass is 32.2. The van der Waals surface area contributed by atoms with E-state index in [0.29, 0.717) is 13.1 Å². The number of thioether (sulfide) groups is 1. The summed E-state index contributed by atoms with van der Waals surface area (Å²) in [6, 6.07) is 9.02. The molecule has 0 radical (unpaired) electrons. The summed E-state index contributed by atoms with van der Waals surface area (Å²) in [7, 11) is 0. The monoisotopic (exact) mass is 353 g/mol. The van der Waals surface area contributed by atoms with Crippen LogP contribution in [0.5, 0.6) is 0 Å². The van der Waals surface area contributed by atoms with Gasteiger partial charge in [0.05, 0.1) is 0 Å². The van der Waals surface area contributed by atoms with Crippen molar-refractivity contribution >= 4 is 34.7 Å². The van der Waals surface area contributed by atoms with Gasteiger partial charge in [-0.25, -0.2) is 4.79 Å². The predicted octanol–water partition coefficient (Wildman–Crippen LogP) is 2.90. The molecule has 0 heterocycles. The van der Waals surface area contributed by atoms with Crippen LogP contribution in [0, 0.1) is 0 Å². The molecule has 0 aliphatic rings. The van der Waals surface area contributed by atoms with E-state index in [1.54, 1.807) is 0 Å². The van der Waals surface area contributed by atoms with Crippen LogP contribution in [0.25, 0.3) is 0 Å². The number of nitrogens with one attached hydrogen (secondary N) is 3. The molecule has 132 valence electrons. The van der Waals surface area contributed by atoms with Gasteiger partial charge in [-0.2, -0.15) is 0 Å². The number of aliphatic carboxylic acids is 1. The highest BCUT2D eigenvalue weighted by molar-refractivity contribution is 8.14. The number of unbranched alkanes of at least 4 members (excludes halogenated alkanes) is 3. The zero-order valence-corrected chi connectivity index (χ0v) is 14.2. The fraction of sp³-hybridized carbons (Fsp3) is 0.438. The maximum Gasteiger partial charge on any atom is 0.319 e. The van der Waals surface area contributed by atoms with Crippen molar-refractivity contribution in [3.05, 3.63) is 30.3 Å². The van der Waals surface area contributed by atoms with Crippen LogP contribution in [0.2, 0.25) is 0 Å². The molecule has 0 aliphatic heterocycles. The second-order valence-electron chi connectivity index (χ2n) is 5.06. The van der Waals surface area contributed by atoms with Gasteiger partial charge in [0.1, 0.15) is 5.75 Å². The van der Waals surface area contributed by atoms with Crippen molar-refractivity contribution in [2.75, 3.05) is 24.2 Å². The molecule has 8 heteroatoms. The van der Waals surface area contributed by atoms with E-state index in [4.69, 9.17) is 5.11 Å². The first kappa shape index (κ1) is 19.8.